The van der Waals surface area contributed by atoms with Gasteiger partial charge in [-0.3, -0.25) is 0 Å². The average molecular weight is 235 g/mol. The number of aromatic nitrogens is 1. The molecule has 0 saturated carbocycles. The quantitative estimate of drug-likeness (QED) is 0.854. The second kappa shape index (κ2) is 7.28. The summed E-state index contributed by atoms with van der Waals surface area (Å²) in [4.78, 5) is 6.48. The van der Waals surface area contributed by atoms with E-state index >= 15 is 0 Å². The molecule has 1 fully saturated rings. The van der Waals surface area contributed by atoms with Crippen molar-refractivity contribution in [3.05, 3.63) is 23.9 Å². The summed E-state index contributed by atoms with van der Waals surface area (Å²) in [6, 6.07) is 4.31. The van der Waals surface area contributed by atoms with Crippen molar-refractivity contribution in [1.29, 1.82) is 0 Å². The Morgan fingerprint density at radius 1 is 1.29 bits per heavy atom. The molecule has 0 bridgehead atoms. The molecule has 3 heteroatoms. The molecule has 2 heterocycles. The maximum Gasteiger partial charge on any atom is 0.127 e. The molecular formula is C14H25N3. The van der Waals surface area contributed by atoms with Crippen molar-refractivity contribution < 1.29 is 0 Å². The maximum atomic E-state index is 4.45. The second-order valence-corrected chi connectivity index (χ2v) is 4.39. The van der Waals surface area contributed by atoms with Crippen LogP contribution in [0.2, 0.25) is 0 Å². The van der Waals surface area contributed by atoms with Crippen LogP contribution in [-0.4, -0.2) is 32.2 Å². The van der Waals surface area contributed by atoms with Crippen LogP contribution < -0.4 is 10.2 Å². The highest BCUT2D eigenvalue weighted by atomic mass is 15.1. The summed E-state index contributed by atoms with van der Waals surface area (Å²) in [5, 5.41) is 3.43. The van der Waals surface area contributed by atoms with Crippen LogP contribution >= 0.6 is 0 Å². The molecule has 0 radical (unpaired) electrons. The predicted molar refractivity (Wildman–Crippen MR) is 74.8 cm³/mol. The zero-order valence-corrected chi connectivity index (χ0v) is 11.5. The summed E-state index contributed by atoms with van der Waals surface area (Å²) >= 11 is 0. The SMILES string of the molecule is CC.CN(C)c1ccc(C2CCCNC2)cn1. The lowest BCUT2D eigenvalue weighted by Gasteiger charge is -2.23. The molecule has 1 aliphatic heterocycles. The molecule has 1 aromatic heterocycles. The summed E-state index contributed by atoms with van der Waals surface area (Å²) < 4.78 is 0. The van der Waals surface area contributed by atoms with Crippen LogP contribution in [0.5, 0.6) is 0 Å². The van der Waals surface area contributed by atoms with Crippen LogP contribution in [0.15, 0.2) is 18.3 Å². The average Bonchev–Trinajstić information content (AvgIpc) is 2.42. The Hall–Kier alpha value is -1.09. The van der Waals surface area contributed by atoms with E-state index in [0.717, 1.165) is 12.4 Å². The van der Waals surface area contributed by atoms with Crippen LogP contribution in [0.3, 0.4) is 0 Å². The number of anilines is 1. The molecular weight excluding hydrogens is 210 g/mol. The van der Waals surface area contributed by atoms with E-state index in [9.17, 15) is 0 Å². The lowest BCUT2D eigenvalue weighted by Crippen LogP contribution is -2.28. The van der Waals surface area contributed by atoms with E-state index < -0.39 is 0 Å². The first-order valence-electron chi connectivity index (χ1n) is 6.61. The van der Waals surface area contributed by atoms with E-state index in [2.05, 4.69) is 22.4 Å². The van der Waals surface area contributed by atoms with E-state index in [0.29, 0.717) is 5.92 Å². The molecule has 0 aliphatic carbocycles. The molecule has 1 aliphatic rings. The standard InChI is InChI=1S/C12H19N3.C2H6/c1-15(2)12-6-5-11(9-14-12)10-4-3-7-13-8-10;1-2/h5-6,9-10,13H,3-4,7-8H2,1-2H3;1-2H3. The molecule has 2 rings (SSSR count). The normalized spacial score (nSPS) is 19.2. The van der Waals surface area contributed by atoms with Crippen molar-refractivity contribution in [2.45, 2.75) is 32.6 Å². The third-order valence-electron chi connectivity index (χ3n) is 3.00. The molecule has 1 atom stereocenters. The van der Waals surface area contributed by atoms with E-state index in [-0.39, 0.29) is 0 Å². The summed E-state index contributed by atoms with van der Waals surface area (Å²) in [5.41, 5.74) is 1.37. The molecule has 96 valence electrons. The van der Waals surface area contributed by atoms with Gasteiger partial charge in [-0.15, -0.1) is 0 Å². The molecule has 1 N–H and O–H groups in total. The van der Waals surface area contributed by atoms with Gasteiger partial charge in [0.15, 0.2) is 0 Å². The van der Waals surface area contributed by atoms with Crippen LogP contribution in [0.4, 0.5) is 5.82 Å². The topological polar surface area (TPSA) is 28.2 Å². The van der Waals surface area contributed by atoms with E-state index in [1.54, 1.807) is 0 Å². The molecule has 1 saturated heterocycles. The highest BCUT2D eigenvalue weighted by molar-refractivity contribution is 5.38. The Morgan fingerprint density at radius 3 is 2.53 bits per heavy atom. The first-order valence-corrected chi connectivity index (χ1v) is 6.61. The summed E-state index contributed by atoms with van der Waals surface area (Å²) in [5.74, 6) is 1.69. The van der Waals surface area contributed by atoms with E-state index in [1.165, 1.54) is 24.9 Å². The highest BCUT2D eigenvalue weighted by Crippen LogP contribution is 2.23. The first kappa shape index (κ1) is 14.0. The van der Waals surface area contributed by atoms with Crippen molar-refractivity contribution in [3.8, 4) is 0 Å². The Labute approximate surface area is 105 Å². The minimum absolute atomic E-state index is 0.655. The van der Waals surface area contributed by atoms with Gasteiger partial charge >= 0.3 is 0 Å². The summed E-state index contributed by atoms with van der Waals surface area (Å²) in [6.45, 7) is 6.27. The zero-order valence-electron chi connectivity index (χ0n) is 11.5. The first-order chi connectivity index (χ1) is 8.27. The fourth-order valence-corrected chi connectivity index (χ4v) is 2.04. The fourth-order valence-electron chi connectivity index (χ4n) is 2.04. The van der Waals surface area contributed by atoms with Gasteiger partial charge in [0.1, 0.15) is 5.82 Å². The Kier molecular flexibility index (Phi) is 5.98. The molecule has 17 heavy (non-hydrogen) atoms. The van der Waals surface area contributed by atoms with E-state index in [4.69, 9.17) is 0 Å². The second-order valence-electron chi connectivity index (χ2n) is 4.39. The molecule has 1 aromatic rings. The van der Waals surface area contributed by atoms with Gasteiger partial charge in [0, 0.05) is 26.8 Å². The number of piperidine rings is 1. The van der Waals surface area contributed by atoms with Gasteiger partial charge in [-0.25, -0.2) is 4.98 Å². The molecule has 0 amide bonds. The number of nitrogens with zero attached hydrogens (tertiary/aromatic N) is 2. The van der Waals surface area contributed by atoms with Crippen LogP contribution in [0.1, 0.15) is 38.2 Å². The third-order valence-corrected chi connectivity index (χ3v) is 3.00. The van der Waals surface area contributed by atoms with Gasteiger partial charge in [-0.1, -0.05) is 19.9 Å². The molecule has 0 spiro atoms. The summed E-state index contributed by atoms with van der Waals surface area (Å²) in [7, 11) is 4.04. The fraction of sp³-hybridized carbons (Fsp3) is 0.643. The zero-order chi connectivity index (χ0) is 12.7. The Morgan fingerprint density at radius 2 is 2.06 bits per heavy atom. The van der Waals surface area contributed by atoms with Crippen molar-refractivity contribution in [1.82, 2.24) is 10.3 Å². The van der Waals surface area contributed by atoms with E-state index in [1.807, 2.05) is 39.0 Å². The lowest BCUT2D eigenvalue weighted by atomic mass is 9.93. The minimum atomic E-state index is 0.655. The van der Waals surface area contributed by atoms with Crippen LogP contribution in [0, 0.1) is 0 Å². The number of rotatable bonds is 2. The van der Waals surface area contributed by atoms with Gasteiger partial charge in [0.2, 0.25) is 0 Å². The molecule has 1 unspecified atom stereocenters. The van der Waals surface area contributed by atoms with Crippen molar-refractivity contribution in [2.75, 3.05) is 32.1 Å². The number of hydrogen-bond donors (Lipinski definition) is 1. The monoisotopic (exact) mass is 235 g/mol. The van der Waals surface area contributed by atoms with Gasteiger partial charge in [0.05, 0.1) is 0 Å². The van der Waals surface area contributed by atoms with Crippen molar-refractivity contribution in [3.63, 3.8) is 0 Å². The largest absolute Gasteiger partial charge is 0.363 e. The summed E-state index contributed by atoms with van der Waals surface area (Å²) in [6.07, 6.45) is 4.59. The van der Waals surface area contributed by atoms with Gasteiger partial charge in [0.25, 0.3) is 0 Å². The number of hydrogen-bond acceptors (Lipinski definition) is 3. The predicted octanol–water partition coefficient (Wildman–Crippen LogP) is 2.64. The molecule has 0 aromatic carbocycles. The maximum absolute atomic E-state index is 4.45. The van der Waals surface area contributed by atoms with Gasteiger partial charge in [-0.05, 0) is 36.9 Å². The van der Waals surface area contributed by atoms with Crippen molar-refractivity contribution >= 4 is 5.82 Å². The number of pyridine rings is 1. The number of nitrogens with one attached hydrogen (secondary N) is 1. The lowest BCUT2D eigenvalue weighted by molar-refractivity contribution is 0.461. The Bertz CT molecular complexity index is 300. The van der Waals surface area contributed by atoms with Crippen molar-refractivity contribution in [2.24, 2.45) is 0 Å². The van der Waals surface area contributed by atoms with Gasteiger partial charge in [-0.2, -0.15) is 0 Å². The molecule has 3 nitrogen and oxygen atoms in total. The smallest absolute Gasteiger partial charge is 0.127 e. The van der Waals surface area contributed by atoms with Crippen LogP contribution in [-0.2, 0) is 0 Å². The van der Waals surface area contributed by atoms with Crippen LogP contribution in [0.25, 0.3) is 0 Å². The Balaban J connectivity index is 0.000000686. The highest BCUT2D eigenvalue weighted by Gasteiger charge is 2.15. The third kappa shape index (κ3) is 4.00. The van der Waals surface area contributed by atoms with Gasteiger partial charge < -0.3 is 10.2 Å². The minimum Gasteiger partial charge on any atom is -0.363 e.